The standard InChI is InChI=1S/C10H17NO2/c1-2-5-11(6-3-1)7-4-10-12-8-9-13-10/h1-2,10H,3-9H2. The molecule has 2 aliphatic heterocycles. The molecule has 1 fully saturated rings. The highest BCUT2D eigenvalue weighted by atomic mass is 16.7. The lowest BCUT2D eigenvalue weighted by molar-refractivity contribution is -0.0511. The predicted molar refractivity (Wildman–Crippen MR) is 50.5 cm³/mol. The number of ether oxygens (including phenoxy) is 2. The zero-order chi connectivity index (χ0) is 8.93. The molecule has 0 N–H and O–H groups in total. The van der Waals surface area contributed by atoms with Gasteiger partial charge in [-0.3, -0.25) is 4.90 Å². The number of hydrogen-bond donors (Lipinski definition) is 0. The summed E-state index contributed by atoms with van der Waals surface area (Å²) < 4.78 is 10.8. The summed E-state index contributed by atoms with van der Waals surface area (Å²) in [6.07, 6.45) is 6.74. The quantitative estimate of drug-likeness (QED) is 0.610. The van der Waals surface area contributed by atoms with Gasteiger partial charge in [-0.25, -0.2) is 0 Å². The van der Waals surface area contributed by atoms with Crippen molar-refractivity contribution >= 4 is 0 Å². The van der Waals surface area contributed by atoms with Crippen LogP contribution in [0.2, 0.25) is 0 Å². The zero-order valence-corrected chi connectivity index (χ0v) is 7.95. The monoisotopic (exact) mass is 183 g/mol. The lowest BCUT2D eigenvalue weighted by Gasteiger charge is -2.23. The normalized spacial score (nSPS) is 25.5. The molecule has 0 atom stereocenters. The molecule has 2 heterocycles. The molecule has 1 saturated heterocycles. The highest BCUT2D eigenvalue weighted by molar-refractivity contribution is 4.90. The van der Waals surface area contributed by atoms with Crippen LogP contribution in [0.5, 0.6) is 0 Å². The molecule has 2 rings (SSSR count). The van der Waals surface area contributed by atoms with Crippen LogP contribution in [0.25, 0.3) is 0 Å². The second-order valence-electron chi connectivity index (χ2n) is 3.52. The van der Waals surface area contributed by atoms with Crippen molar-refractivity contribution in [1.29, 1.82) is 0 Å². The van der Waals surface area contributed by atoms with Gasteiger partial charge in [0.25, 0.3) is 0 Å². The molecular weight excluding hydrogens is 166 g/mol. The van der Waals surface area contributed by atoms with Crippen LogP contribution in [-0.4, -0.2) is 44.0 Å². The van der Waals surface area contributed by atoms with E-state index in [1.807, 2.05) is 0 Å². The third-order valence-electron chi connectivity index (χ3n) is 2.51. The van der Waals surface area contributed by atoms with Crippen molar-refractivity contribution < 1.29 is 9.47 Å². The lowest BCUT2D eigenvalue weighted by Crippen LogP contribution is -2.30. The van der Waals surface area contributed by atoms with Crippen molar-refractivity contribution in [2.24, 2.45) is 0 Å². The van der Waals surface area contributed by atoms with Gasteiger partial charge in [0.15, 0.2) is 6.29 Å². The molecule has 0 bridgehead atoms. The van der Waals surface area contributed by atoms with E-state index in [4.69, 9.17) is 9.47 Å². The summed E-state index contributed by atoms with van der Waals surface area (Å²) >= 11 is 0. The van der Waals surface area contributed by atoms with E-state index in [0.717, 1.165) is 32.7 Å². The van der Waals surface area contributed by atoms with E-state index in [9.17, 15) is 0 Å². The van der Waals surface area contributed by atoms with Crippen LogP contribution in [0.4, 0.5) is 0 Å². The molecule has 0 spiro atoms. The molecule has 74 valence electrons. The van der Waals surface area contributed by atoms with Crippen molar-refractivity contribution in [2.45, 2.75) is 19.1 Å². The predicted octanol–water partition coefficient (Wildman–Crippen LogP) is 1.01. The van der Waals surface area contributed by atoms with E-state index in [0.29, 0.717) is 0 Å². The molecule has 3 nitrogen and oxygen atoms in total. The molecule has 0 saturated carbocycles. The summed E-state index contributed by atoms with van der Waals surface area (Å²) in [4.78, 5) is 2.44. The number of rotatable bonds is 3. The Labute approximate surface area is 79.3 Å². The second-order valence-corrected chi connectivity index (χ2v) is 3.52. The van der Waals surface area contributed by atoms with E-state index in [2.05, 4.69) is 17.1 Å². The Morgan fingerprint density at radius 2 is 2.08 bits per heavy atom. The summed E-state index contributed by atoms with van der Waals surface area (Å²) in [5.74, 6) is 0. The molecule has 0 aromatic carbocycles. The van der Waals surface area contributed by atoms with Gasteiger partial charge in [-0.05, 0) is 6.42 Å². The minimum atomic E-state index is 0.0610. The average molecular weight is 183 g/mol. The topological polar surface area (TPSA) is 21.7 Å². The Bertz CT molecular complexity index is 176. The molecule has 3 heteroatoms. The molecule has 0 amide bonds. The minimum Gasteiger partial charge on any atom is -0.350 e. The van der Waals surface area contributed by atoms with Gasteiger partial charge in [-0.2, -0.15) is 0 Å². The van der Waals surface area contributed by atoms with Crippen molar-refractivity contribution in [3.63, 3.8) is 0 Å². The number of hydrogen-bond acceptors (Lipinski definition) is 3. The first-order valence-corrected chi connectivity index (χ1v) is 5.06. The molecule has 0 aliphatic carbocycles. The highest BCUT2D eigenvalue weighted by Crippen LogP contribution is 2.10. The SMILES string of the molecule is C1=CCN(CCC2OCCO2)CC1. The van der Waals surface area contributed by atoms with Crippen LogP contribution in [-0.2, 0) is 9.47 Å². The fourth-order valence-electron chi connectivity index (χ4n) is 1.75. The smallest absolute Gasteiger partial charge is 0.159 e. The zero-order valence-electron chi connectivity index (χ0n) is 7.95. The molecule has 0 aromatic rings. The van der Waals surface area contributed by atoms with Gasteiger partial charge in [0.05, 0.1) is 13.2 Å². The van der Waals surface area contributed by atoms with Crippen molar-refractivity contribution in [2.75, 3.05) is 32.8 Å². The van der Waals surface area contributed by atoms with Gasteiger partial charge in [-0.15, -0.1) is 0 Å². The summed E-state index contributed by atoms with van der Waals surface area (Å²) in [7, 11) is 0. The molecule has 2 aliphatic rings. The highest BCUT2D eigenvalue weighted by Gasteiger charge is 2.17. The molecule has 0 unspecified atom stereocenters. The summed E-state index contributed by atoms with van der Waals surface area (Å²) in [6.45, 7) is 4.90. The van der Waals surface area contributed by atoms with Gasteiger partial charge < -0.3 is 9.47 Å². The Balaban J connectivity index is 1.63. The minimum absolute atomic E-state index is 0.0610. The van der Waals surface area contributed by atoms with Gasteiger partial charge in [0.1, 0.15) is 0 Å². The Kier molecular flexibility index (Phi) is 3.35. The lowest BCUT2D eigenvalue weighted by atomic mass is 10.2. The first-order chi connectivity index (χ1) is 6.45. The summed E-state index contributed by atoms with van der Waals surface area (Å²) in [5, 5.41) is 0. The van der Waals surface area contributed by atoms with Gasteiger partial charge >= 0.3 is 0 Å². The van der Waals surface area contributed by atoms with Gasteiger partial charge in [0, 0.05) is 26.1 Å². The van der Waals surface area contributed by atoms with Crippen molar-refractivity contribution in [3.05, 3.63) is 12.2 Å². The Hall–Kier alpha value is -0.380. The van der Waals surface area contributed by atoms with Gasteiger partial charge in [0.2, 0.25) is 0 Å². The molecule has 0 radical (unpaired) electrons. The van der Waals surface area contributed by atoms with E-state index in [1.165, 1.54) is 13.0 Å². The van der Waals surface area contributed by atoms with Crippen LogP contribution < -0.4 is 0 Å². The first-order valence-electron chi connectivity index (χ1n) is 5.06. The number of nitrogens with zero attached hydrogens (tertiary/aromatic N) is 1. The van der Waals surface area contributed by atoms with Crippen LogP contribution in [0.1, 0.15) is 12.8 Å². The van der Waals surface area contributed by atoms with E-state index < -0.39 is 0 Å². The third kappa shape index (κ3) is 2.79. The molecule has 0 aromatic heterocycles. The van der Waals surface area contributed by atoms with Crippen molar-refractivity contribution in [3.8, 4) is 0 Å². The Morgan fingerprint density at radius 3 is 2.77 bits per heavy atom. The summed E-state index contributed by atoms with van der Waals surface area (Å²) in [5.41, 5.74) is 0. The fourth-order valence-corrected chi connectivity index (χ4v) is 1.75. The van der Waals surface area contributed by atoms with Crippen LogP contribution in [0.15, 0.2) is 12.2 Å². The maximum absolute atomic E-state index is 5.38. The van der Waals surface area contributed by atoms with E-state index >= 15 is 0 Å². The summed E-state index contributed by atoms with van der Waals surface area (Å²) in [6, 6.07) is 0. The average Bonchev–Trinajstić information content (AvgIpc) is 2.69. The molecular formula is C10H17NO2. The second kappa shape index (κ2) is 4.74. The first kappa shape index (κ1) is 9.19. The van der Waals surface area contributed by atoms with E-state index in [-0.39, 0.29) is 6.29 Å². The fraction of sp³-hybridized carbons (Fsp3) is 0.800. The maximum Gasteiger partial charge on any atom is 0.159 e. The third-order valence-corrected chi connectivity index (χ3v) is 2.51. The van der Waals surface area contributed by atoms with Crippen LogP contribution in [0, 0.1) is 0 Å². The van der Waals surface area contributed by atoms with Crippen LogP contribution in [0.3, 0.4) is 0 Å². The van der Waals surface area contributed by atoms with Crippen molar-refractivity contribution in [1.82, 2.24) is 4.90 Å². The molecule has 13 heavy (non-hydrogen) atoms. The van der Waals surface area contributed by atoms with Gasteiger partial charge in [-0.1, -0.05) is 12.2 Å². The largest absolute Gasteiger partial charge is 0.350 e. The van der Waals surface area contributed by atoms with Crippen LogP contribution >= 0.6 is 0 Å². The van der Waals surface area contributed by atoms with E-state index in [1.54, 1.807) is 0 Å². The Morgan fingerprint density at radius 1 is 1.23 bits per heavy atom. The maximum atomic E-state index is 5.38.